The molecule has 24 heavy (non-hydrogen) atoms. The Kier molecular flexibility index (Phi) is 4.86. The lowest BCUT2D eigenvalue weighted by molar-refractivity contribution is 0.0950. The van der Waals surface area contributed by atoms with Crippen LogP contribution in [0.5, 0.6) is 0 Å². The molecule has 2 heterocycles. The average Bonchev–Trinajstić information content (AvgIpc) is 2.61. The van der Waals surface area contributed by atoms with Crippen molar-refractivity contribution in [3.8, 4) is 0 Å². The topological polar surface area (TPSA) is 67.8 Å². The Balaban J connectivity index is 1.60. The number of amides is 1. The predicted octanol–water partition coefficient (Wildman–Crippen LogP) is 2.53. The summed E-state index contributed by atoms with van der Waals surface area (Å²) in [5, 5.41) is 10.2. The van der Waals surface area contributed by atoms with Gasteiger partial charge in [0.15, 0.2) is 0 Å². The smallest absolute Gasteiger partial charge is 0.253 e. The summed E-state index contributed by atoms with van der Waals surface area (Å²) in [6, 6.07) is 11.7. The Morgan fingerprint density at radius 2 is 1.96 bits per heavy atom. The zero-order valence-corrected chi connectivity index (χ0v) is 12.8. The summed E-state index contributed by atoms with van der Waals surface area (Å²) in [4.78, 5) is 16.4. The van der Waals surface area contributed by atoms with Gasteiger partial charge in [0.2, 0.25) is 0 Å². The van der Waals surface area contributed by atoms with Crippen molar-refractivity contribution < 1.29 is 9.18 Å². The van der Waals surface area contributed by atoms with E-state index >= 15 is 0 Å². The molecule has 0 saturated heterocycles. The number of halogens is 1. The molecule has 0 aliphatic rings. The van der Waals surface area contributed by atoms with Gasteiger partial charge in [-0.15, -0.1) is 0 Å². The molecular formula is C18H15FN4O. The van der Waals surface area contributed by atoms with Gasteiger partial charge in [-0.1, -0.05) is 12.1 Å². The fourth-order valence-corrected chi connectivity index (χ4v) is 2.23. The number of pyridine rings is 1. The lowest BCUT2D eigenvalue weighted by Crippen LogP contribution is -2.23. The summed E-state index contributed by atoms with van der Waals surface area (Å²) >= 11 is 0. The first-order valence-corrected chi connectivity index (χ1v) is 7.44. The monoisotopic (exact) mass is 322 g/mol. The Hall–Kier alpha value is -3.15. The van der Waals surface area contributed by atoms with Crippen molar-refractivity contribution in [1.82, 2.24) is 20.5 Å². The molecule has 1 amide bonds. The highest BCUT2D eigenvalue weighted by Crippen LogP contribution is 2.10. The maximum Gasteiger partial charge on any atom is 0.253 e. The highest BCUT2D eigenvalue weighted by atomic mass is 19.1. The van der Waals surface area contributed by atoms with Crippen molar-refractivity contribution in [2.24, 2.45) is 0 Å². The minimum absolute atomic E-state index is 0.211. The highest BCUT2D eigenvalue weighted by Gasteiger charge is 2.07. The standard InChI is InChI=1S/C18H15FN4O/c19-16-3-1-2-13(8-16)9-17-5-4-15(12-20-17)18(24)21-10-14-6-7-22-23-11-14/h1-8,11-12H,9-10H2,(H,21,24). The number of nitrogens with one attached hydrogen (secondary N) is 1. The number of hydrogen-bond acceptors (Lipinski definition) is 4. The summed E-state index contributed by atoms with van der Waals surface area (Å²) in [6.07, 6.45) is 5.21. The van der Waals surface area contributed by atoms with Crippen LogP contribution in [0.3, 0.4) is 0 Å². The highest BCUT2D eigenvalue weighted by molar-refractivity contribution is 5.93. The summed E-state index contributed by atoms with van der Waals surface area (Å²) in [5.41, 5.74) is 2.95. The Labute approximate surface area is 138 Å². The molecule has 0 fully saturated rings. The van der Waals surface area contributed by atoms with E-state index in [1.54, 1.807) is 36.7 Å². The molecule has 0 radical (unpaired) electrons. The molecule has 3 aromatic rings. The number of nitrogens with zero attached hydrogens (tertiary/aromatic N) is 3. The van der Waals surface area contributed by atoms with Crippen LogP contribution in [0.15, 0.2) is 61.1 Å². The molecule has 0 bridgehead atoms. The van der Waals surface area contributed by atoms with E-state index in [1.165, 1.54) is 18.3 Å². The van der Waals surface area contributed by atoms with E-state index in [0.717, 1.165) is 16.8 Å². The van der Waals surface area contributed by atoms with Crippen molar-refractivity contribution in [2.45, 2.75) is 13.0 Å². The number of carbonyl (C=O) groups excluding carboxylic acids is 1. The van der Waals surface area contributed by atoms with Crippen molar-refractivity contribution in [1.29, 1.82) is 0 Å². The maximum atomic E-state index is 13.2. The van der Waals surface area contributed by atoms with Crippen LogP contribution in [0, 0.1) is 5.82 Å². The molecule has 2 aromatic heterocycles. The predicted molar refractivity (Wildman–Crippen MR) is 86.6 cm³/mol. The number of hydrogen-bond donors (Lipinski definition) is 1. The molecule has 3 rings (SSSR count). The third kappa shape index (κ3) is 4.19. The van der Waals surface area contributed by atoms with Crippen molar-refractivity contribution >= 4 is 5.91 Å². The first kappa shape index (κ1) is 15.7. The second-order valence-electron chi connectivity index (χ2n) is 5.28. The van der Waals surface area contributed by atoms with Gasteiger partial charge in [0.05, 0.1) is 11.8 Å². The summed E-state index contributed by atoms with van der Waals surface area (Å²) in [7, 11) is 0. The van der Waals surface area contributed by atoms with Gasteiger partial charge in [0.25, 0.3) is 5.91 Å². The summed E-state index contributed by atoms with van der Waals surface area (Å²) < 4.78 is 13.2. The van der Waals surface area contributed by atoms with Crippen LogP contribution in [-0.4, -0.2) is 21.1 Å². The van der Waals surface area contributed by atoms with Gasteiger partial charge in [-0.2, -0.15) is 10.2 Å². The van der Waals surface area contributed by atoms with Gasteiger partial charge in [-0.25, -0.2) is 4.39 Å². The van der Waals surface area contributed by atoms with Crippen molar-refractivity contribution in [3.05, 3.63) is 89.3 Å². The molecule has 0 saturated carbocycles. The van der Waals surface area contributed by atoms with Crippen LogP contribution in [0.4, 0.5) is 4.39 Å². The third-order valence-corrected chi connectivity index (χ3v) is 3.46. The second-order valence-corrected chi connectivity index (χ2v) is 5.28. The van der Waals surface area contributed by atoms with Crippen molar-refractivity contribution in [2.75, 3.05) is 0 Å². The molecular weight excluding hydrogens is 307 g/mol. The van der Waals surface area contributed by atoms with Crippen LogP contribution >= 0.6 is 0 Å². The summed E-state index contributed by atoms with van der Waals surface area (Å²) in [5.74, 6) is -0.481. The summed E-state index contributed by atoms with van der Waals surface area (Å²) in [6.45, 7) is 0.374. The normalized spacial score (nSPS) is 10.4. The van der Waals surface area contributed by atoms with Gasteiger partial charge < -0.3 is 5.32 Å². The quantitative estimate of drug-likeness (QED) is 0.784. The lowest BCUT2D eigenvalue weighted by atomic mass is 10.1. The lowest BCUT2D eigenvalue weighted by Gasteiger charge is -2.06. The zero-order chi connectivity index (χ0) is 16.8. The Morgan fingerprint density at radius 1 is 1.04 bits per heavy atom. The molecule has 0 aliphatic carbocycles. The molecule has 1 N–H and O–H groups in total. The minimum atomic E-state index is -0.269. The van der Waals surface area contributed by atoms with Gasteiger partial charge in [0.1, 0.15) is 5.82 Å². The molecule has 5 nitrogen and oxygen atoms in total. The van der Waals surface area contributed by atoms with Gasteiger partial charge in [-0.05, 0) is 41.5 Å². The van der Waals surface area contributed by atoms with Crippen LogP contribution in [0.1, 0.15) is 27.2 Å². The van der Waals surface area contributed by atoms with Crippen LogP contribution in [0.25, 0.3) is 0 Å². The molecule has 0 unspecified atom stereocenters. The van der Waals surface area contributed by atoms with Gasteiger partial charge >= 0.3 is 0 Å². The molecule has 0 spiro atoms. The number of rotatable bonds is 5. The van der Waals surface area contributed by atoms with Crippen molar-refractivity contribution in [3.63, 3.8) is 0 Å². The Morgan fingerprint density at radius 3 is 2.67 bits per heavy atom. The van der Waals surface area contributed by atoms with E-state index in [4.69, 9.17) is 0 Å². The molecule has 120 valence electrons. The van der Waals surface area contributed by atoms with Crippen LogP contribution in [-0.2, 0) is 13.0 Å². The van der Waals surface area contributed by atoms with E-state index in [-0.39, 0.29) is 11.7 Å². The number of carbonyl (C=O) groups is 1. The SMILES string of the molecule is O=C(NCc1ccnnc1)c1ccc(Cc2cccc(F)c2)nc1. The van der Waals surface area contributed by atoms with E-state index in [0.29, 0.717) is 18.5 Å². The number of aromatic nitrogens is 3. The largest absolute Gasteiger partial charge is 0.348 e. The fraction of sp³-hybridized carbons (Fsp3) is 0.111. The molecule has 0 atom stereocenters. The third-order valence-electron chi connectivity index (χ3n) is 3.46. The first-order valence-electron chi connectivity index (χ1n) is 7.44. The molecule has 0 aliphatic heterocycles. The molecule has 6 heteroatoms. The van der Waals surface area contributed by atoms with E-state index < -0.39 is 0 Å². The number of benzene rings is 1. The van der Waals surface area contributed by atoms with E-state index in [2.05, 4.69) is 20.5 Å². The second kappa shape index (κ2) is 7.41. The average molecular weight is 322 g/mol. The minimum Gasteiger partial charge on any atom is -0.348 e. The van der Waals surface area contributed by atoms with E-state index in [1.807, 2.05) is 6.07 Å². The zero-order valence-electron chi connectivity index (χ0n) is 12.8. The van der Waals surface area contributed by atoms with Crippen LogP contribution < -0.4 is 5.32 Å². The van der Waals surface area contributed by atoms with Gasteiger partial charge in [0, 0.05) is 31.1 Å². The van der Waals surface area contributed by atoms with E-state index in [9.17, 15) is 9.18 Å². The molecule has 1 aromatic carbocycles. The van der Waals surface area contributed by atoms with Gasteiger partial charge in [-0.3, -0.25) is 9.78 Å². The first-order chi connectivity index (χ1) is 11.7. The fourth-order valence-electron chi connectivity index (χ4n) is 2.23. The van der Waals surface area contributed by atoms with Crippen LogP contribution in [0.2, 0.25) is 0 Å². The Bertz CT molecular complexity index is 822. The maximum absolute atomic E-state index is 13.2.